The fourth-order valence-corrected chi connectivity index (χ4v) is 5.37. The van der Waals surface area contributed by atoms with E-state index in [9.17, 15) is 0 Å². The minimum atomic E-state index is 0.384. The SMILES string of the molecule is C#Cc1cc(-c2ccc(-c3ccc4c(c3)C(=C)CC(CC)(CC)C4)cc2)ccc1CC(C)C. The third-order valence-electron chi connectivity index (χ3n) is 7.59. The number of terminal acetylenes is 1. The van der Waals surface area contributed by atoms with E-state index < -0.39 is 0 Å². The minimum Gasteiger partial charge on any atom is -0.115 e. The molecule has 0 spiro atoms. The predicted octanol–water partition coefficient (Wildman–Crippen LogP) is 8.97. The Bertz CT molecular complexity index is 1190. The van der Waals surface area contributed by atoms with Gasteiger partial charge in [0.15, 0.2) is 0 Å². The van der Waals surface area contributed by atoms with Crippen molar-refractivity contribution in [3.05, 3.63) is 89.5 Å². The van der Waals surface area contributed by atoms with Crippen molar-refractivity contribution in [1.29, 1.82) is 0 Å². The Balaban J connectivity index is 1.60. The van der Waals surface area contributed by atoms with E-state index in [1.807, 2.05) is 0 Å². The quantitative estimate of drug-likeness (QED) is 0.341. The second-order valence-corrected chi connectivity index (χ2v) is 10.2. The molecule has 0 heteroatoms. The van der Waals surface area contributed by atoms with Crippen LogP contribution in [0, 0.1) is 23.7 Å². The topological polar surface area (TPSA) is 0 Å². The molecule has 0 saturated carbocycles. The third kappa shape index (κ3) is 4.69. The standard InChI is InChI=1S/C33H36/c1-7-25-19-29(15-14-28(25)18-23(4)5)26-10-12-27(13-11-26)30-16-17-31-22-33(8-2,9-3)21-24(6)32(31)20-30/h1,10-17,19-20,23H,6,8-9,18,21-22H2,2-5H3. The molecule has 1 aliphatic rings. The first kappa shape index (κ1) is 23.1. The zero-order valence-electron chi connectivity index (χ0n) is 20.7. The number of allylic oxidation sites excluding steroid dienone is 1. The van der Waals surface area contributed by atoms with Crippen molar-refractivity contribution in [3.63, 3.8) is 0 Å². The van der Waals surface area contributed by atoms with Gasteiger partial charge in [0.25, 0.3) is 0 Å². The van der Waals surface area contributed by atoms with E-state index in [1.165, 1.54) is 57.4 Å². The number of hydrogen-bond donors (Lipinski definition) is 0. The molecule has 0 unspecified atom stereocenters. The molecule has 3 aromatic rings. The van der Waals surface area contributed by atoms with Crippen LogP contribution in [-0.4, -0.2) is 0 Å². The first-order chi connectivity index (χ1) is 15.9. The lowest BCUT2D eigenvalue weighted by atomic mass is 9.66. The molecule has 1 aliphatic carbocycles. The highest BCUT2D eigenvalue weighted by molar-refractivity contribution is 5.77. The van der Waals surface area contributed by atoms with Crippen LogP contribution in [0.1, 0.15) is 69.2 Å². The lowest BCUT2D eigenvalue weighted by Crippen LogP contribution is -2.26. The second kappa shape index (κ2) is 9.44. The molecule has 0 amide bonds. The van der Waals surface area contributed by atoms with Crippen LogP contribution in [0.2, 0.25) is 0 Å². The molecular formula is C33H36. The Labute approximate surface area is 200 Å². The van der Waals surface area contributed by atoms with Gasteiger partial charge >= 0.3 is 0 Å². The highest BCUT2D eigenvalue weighted by Crippen LogP contribution is 2.46. The molecule has 0 bridgehead atoms. The van der Waals surface area contributed by atoms with Crippen LogP contribution in [0.15, 0.2) is 67.2 Å². The molecule has 0 radical (unpaired) electrons. The van der Waals surface area contributed by atoms with E-state index in [0.29, 0.717) is 11.3 Å². The number of rotatable bonds is 6. The van der Waals surface area contributed by atoms with Crippen molar-refractivity contribution in [1.82, 2.24) is 0 Å². The molecule has 0 fully saturated rings. The number of hydrogen-bond acceptors (Lipinski definition) is 0. The van der Waals surface area contributed by atoms with Gasteiger partial charge in [0.05, 0.1) is 0 Å². The fraction of sp³-hybridized carbons (Fsp3) is 0.333. The van der Waals surface area contributed by atoms with Gasteiger partial charge in [-0.3, -0.25) is 0 Å². The summed E-state index contributed by atoms with van der Waals surface area (Å²) in [6, 6.07) is 22.4. The van der Waals surface area contributed by atoms with E-state index >= 15 is 0 Å². The van der Waals surface area contributed by atoms with Gasteiger partial charge in [-0.1, -0.05) is 88.7 Å². The average Bonchev–Trinajstić information content (AvgIpc) is 2.83. The van der Waals surface area contributed by atoms with Gasteiger partial charge in [-0.05, 0) is 100 Å². The summed E-state index contributed by atoms with van der Waals surface area (Å²) in [6.07, 6.45) is 11.5. The van der Waals surface area contributed by atoms with E-state index in [-0.39, 0.29) is 0 Å². The predicted molar refractivity (Wildman–Crippen MR) is 144 cm³/mol. The molecule has 3 aromatic carbocycles. The minimum absolute atomic E-state index is 0.384. The molecule has 4 rings (SSSR count). The van der Waals surface area contributed by atoms with E-state index in [0.717, 1.165) is 24.8 Å². The van der Waals surface area contributed by atoms with Gasteiger partial charge in [-0.15, -0.1) is 6.42 Å². The molecule has 0 heterocycles. The van der Waals surface area contributed by atoms with Crippen molar-refractivity contribution in [3.8, 4) is 34.6 Å². The summed E-state index contributed by atoms with van der Waals surface area (Å²) in [4.78, 5) is 0. The molecule has 0 aromatic heterocycles. The highest BCUT2D eigenvalue weighted by atomic mass is 14.4. The third-order valence-corrected chi connectivity index (χ3v) is 7.59. The summed E-state index contributed by atoms with van der Waals surface area (Å²) >= 11 is 0. The van der Waals surface area contributed by atoms with Crippen LogP contribution in [0.3, 0.4) is 0 Å². The van der Waals surface area contributed by atoms with Crippen molar-refractivity contribution < 1.29 is 0 Å². The zero-order chi connectivity index (χ0) is 23.6. The summed E-state index contributed by atoms with van der Waals surface area (Å²) in [7, 11) is 0. The normalized spacial score (nSPS) is 14.7. The molecule has 168 valence electrons. The van der Waals surface area contributed by atoms with E-state index in [4.69, 9.17) is 6.42 Å². The maximum absolute atomic E-state index is 5.82. The highest BCUT2D eigenvalue weighted by Gasteiger charge is 2.33. The summed E-state index contributed by atoms with van der Waals surface area (Å²) in [6.45, 7) is 13.6. The maximum Gasteiger partial charge on any atom is 0.0280 e. The summed E-state index contributed by atoms with van der Waals surface area (Å²) in [5.74, 6) is 3.48. The van der Waals surface area contributed by atoms with Crippen molar-refractivity contribution in [2.75, 3.05) is 0 Å². The fourth-order valence-electron chi connectivity index (χ4n) is 5.37. The number of benzene rings is 3. The van der Waals surface area contributed by atoms with Crippen LogP contribution in [-0.2, 0) is 12.8 Å². The van der Waals surface area contributed by atoms with E-state index in [2.05, 4.69) is 101 Å². The van der Waals surface area contributed by atoms with Crippen LogP contribution < -0.4 is 0 Å². The van der Waals surface area contributed by atoms with E-state index in [1.54, 1.807) is 0 Å². The summed E-state index contributed by atoms with van der Waals surface area (Å²) in [5, 5.41) is 0. The second-order valence-electron chi connectivity index (χ2n) is 10.2. The largest absolute Gasteiger partial charge is 0.115 e. The Morgan fingerprint density at radius 1 is 0.848 bits per heavy atom. The van der Waals surface area contributed by atoms with Gasteiger partial charge in [0, 0.05) is 5.56 Å². The average molecular weight is 433 g/mol. The Hall–Kier alpha value is -3.04. The first-order valence-corrected chi connectivity index (χ1v) is 12.4. The molecule has 0 nitrogen and oxygen atoms in total. The Morgan fingerprint density at radius 2 is 1.42 bits per heavy atom. The van der Waals surface area contributed by atoms with Crippen LogP contribution in [0.5, 0.6) is 0 Å². The number of fused-ring (bicyclic) bond motifs is 1. The lowest BCUT2D eigenvalue weighted by molar-refractivity contribution is 0.261. The van der Waals surface area contributed by atoms with Crippen molar-refractivity contribution >= 4 is 5.57 Å². The maximum atomic E-state index is 5.82. The van der Waals surface area contributed by atoms with Crippen molar-refractivity contribution in [2.24, 2.45) is 11.3 Å². The van der Waals surface area contributed by atoms with Crippen molar-refractivity contribution in [2.45, 2.75) is 59.8 Å². The Kier molecular flexibility index (Phi) is 6.62. The molecule has 33 heavy (non-hydrogen) atoms. The molecule has 0 saturated heterocycles. The summed E-state index contributed by atoms with van der Waals surface area (Å²) < 4.78 is 0. The van der Waals surface area contributed by atoms with Crippen LogP contribution in [0.4, 0.5) is 0 Å². The summed E-state index contributed by atoms with van der Waals surface area (Å²) in [5.41, 5.74) is 11.6. The molecular weight excluding hydrogens is 396 g/mol. The van der Waals surface area contributed by atoms with Crippen LogP contribution >= 0.6 is 0 Å². The lowest BCUT2D eigenvalue weighted by Gasteiger charge is -2.38. The Morgan fingerprint density at radius 3 is 2.00 bits per heavy atom. The smallest absolute Gasteiger partial charge is 0.0280 e. The monoisotopic (exact) mass is 432 g/mol. The van der Waals surface area contributed by atoms with Gasteiger partial charge in [0.1, 0.15) is 0 Å². The first-order valence-electron chi connectivity index (χ1n) is 12.4. The van der Waals surface area contributed by atoms with Crippen LogP contribution in [0.25, 0.3) is 27.8 Å². The molecule has 0 aliphatic heterocycles. The van der Waals surface area contributed by atoms with Gasteiger partial charge < -0.3 is 0 Å². The van der Waals surface area contributed by atoms with Gasteiger partial charge in [-0.25, -0.2) is 0 Å². The molecule has 0 N–H and O–H groups in total. The van der Waals surface area contributed by atoms with Gasteiger partial charge in [0.2, 0.25) is 0 Å². The zero-order valence-corrected chi connectivity index (χ0v) is 20.7. The molecule has 0 atom stereocenters. The van der Waals surface area contributed by atoms with Gasteiger partial charge in [-0.2, -0.15) is 0 Å².